The van der Waals surface area contributed by atoms with Crippen molar-refractivity contribution in [1.29, 1.82) is 0 Å². The largest absolute Gasteiger partial charge is 0.413 e. The average molecular weight is 772 g/mol. The lowest BCUT2D eigenvalue weighted by atomic mass is 10.1. The van der Waals surface area contributed by atoms with E-state index in [1.54, 1.807) is 24.5 Å². The van der Waals surface area contributed by atoms with Gasteiger partial charge in [0.05, 0.1) is 6.61 Å². The molecule has 18 heteroatoms. The molecule has 3 aromatic rings. The fourth-order valence-corrected chi connectivity index (χ4v) is 14.5. The highest BCUT2D eigenvalue weighted by Gasteiger charge is 2.59. The van der Waals surface area contributed by atoms with Crippen molar-refractivity contribution in [2.75, 3.05) is 12.3 Å². The topological polar surface area (TPSA) is 209 Å². The van der Waals surface area contributed by atoms with Gasteiger partial charge in [0, 0.05) is 12.3 Å². The molecule has 4 N–H and O–H groups in total. The number of H-pyrrole nitrogens is 1. The summed E-state index contributed by atoms with van der Waals surface area (Å²) in [5.41, 5.74) is 6.98. The molecule has 4 fully saturated rings. The monoisotopic (exact) mass is 771 g/mol. The number of nitrogens with zero attached hydrogens (tertiary/aromatic N) is 5. The van der Waals surface area contributed by atoms with Crippen molar-refractivity contribution in [3.63, 3.8) is 0 Å². The molecule has 0 unspecified atom stereocenters. The second kappa shape index (κ2) is 14.0. The first-order valence-corrected chi connectivity index (χ1v) is 20.8. The maximum Gasteiger partial charge on any atom is 0.330 e. The number of anilines is 1. The van der Waals surface area contributed by atoms with Crippen LogP contribution < -0.4 is 17.0 Å². The van der Waals surface area contributed by atoms with Gasteiger partial charge in [0.2, 0.25) is 0 Å². The number of aromatic nitrogens is 6. The van der Waals surface area contributed by atoms with E-state index in [2.05, 4.69) is 56.5 Å². The highest BCUT2D eigenvalue weighted by Crippen LogP contribution is 2.48. The molecule has 0 aromatic carbocycles. The predicted molar refractivity (Wildman–Crippen MR) is 199 cm³/mol. The third-order valence-electron chi connectivity index (χ3n) is 11.1. The van der Waals surface area contributed by atoms with Gasteiger partial charge in [-0.2, -0.15) is 0 Å². The Labute approximate surface area is 314 Å². The van der Waals surface area contributed by atoms with Gasteiger partial charge < -0.3 is 43.7 Å². The fraction of sp³-hybridized carbons (Fsp3) is 0.694. The van der Waals surface area contributed by atoms with E-state index >= 15 is 0 Å². The number of ether oxygens (including phenoxy) is 6. The summed E-state index contributed by atoms with van der Waals surface area (Å²) in [6.07, 6.45) is -1.13. The van der Waals surface area contributed by atoms with E-state index in [4.69, 9.17) is 43.6 Å². The van der Waals surface area contributed by atoms with E-state index in [9.17, 15) is 14.7 Å². The Hall–Kier alpha value is -3.33. The summed E-state index contributed by atoms with van der Waals surface area (Å²) in [6.45, 7) is 21.0. The molecule has 3 aromatic heterocycles. The van der Waals surface area contributed by atoms with Crippen LogP contribution in [0.15, 0.2) is 34.3 Å². The molecule has 0 aliphatic carbocycles. The van der Waals surface area contributed by atoms with Gasteiger partial charge in [-0.25, -0.2) is 19.7 Å². The second-order valence-corrected chi connectivity index (χ2v) is 21.9. The van der Waals surface area contributed by atoms with E-state index in [1.807, 2.05) is 13.8 Å². The van der Waals surface area contributed by atoms with Crippen molar-refractivity contribution in [2.24, 2.45) is 0 Å². The van der Waals surface area contributed by atoms with Crippen molar-refractivity contribution >= 4 is 31.4 Å². The van der Waals surface area contributed by atoms with Crippen LogP contribution in [-0.2, 0) is 32.8 Å². The number of imidazole rings is 1. The van der Waals surface area contributed by atoms with Gasteiger partial charge in [0.15, 0.2) is 49.3 Å². The number of fused-ring (bicyclic) bond motifs is 3. The van der Waals surface area contributed by atoms with Crippen molar-refractivity contribution in [3.8, 4) is 0 Å². The molecule has 0 amide bonds. The number of rotatable bonds is 11. The molecule has 0 spiro atoms. The molecule has 0 radical (unpaired) electrons. The Morgan fingerprint density at radius 1 is 0.926 bits per heavy atom. The number of aromatic amines is 1. The normalized spacial score (nSPS) is 31.1. The molecular weight excluding hydrogens is 719 g/mol. The van der Waals surface area contributed by atoms with Crippen molar-refractivity contribution in [2.45, 2.75) is 153 Å². The minimum Gasteiger partial charge on any atom is -0.413 e. The van der Waals surface area contributed by atoms with Crippen LogP contribution in [0.2, 0.25) is 16.6 Å². The number of nitrogen functional groups attached to an aromatic ring is 1. The summed E-state index contributed by atoms with van der Waals surface area (Å²) in [6, 6.07) is 1.22. The van der Waals surface area contributed by atoms with E-state index in [-0.39, 0.29) is 5.82 Å². The first-order valence-electron chi connectivity index (χ1n) is 18.7. The Kier molecular flexibility index (Phi) is 10.1. The average Bonchev–Trinajstić information content (AvgIpc) is 3.84. The highest BCUT2D eigenvalue weighted by molar-refractivity contribution is 6.77. The summed E-state index contributed by atoms with van der Waals surface area (Å²) in [5.74, 6) is -1.39. The molecule has 7 heterocycles. The van der Waals surface area contributed by atoms with Gasteiger partial charge in [-0.1, -0.05) is 41.5 Å². The minimum atomic E-state index is -2.25. The predicted octanol–water partition coefficient (Wildman–Crippen LogP) is 3.36. The first-order chi connectivity index (χ1) is 25.3. The number of aliphatic hydroxyl groups is 1. The number of aliphatic hydroxyl groups excluding tert-OH is 1. The number of nitrogens with two attached hydrogens (primary N) is 1. The lowest BCUT2D eigenvalue weighted by Gasteiger charge is -2.43. The van der Waals surface area contributed by atoms with Crippen molar-refractivity contribution in [1.82, 2.24) is 29.1 Å². The summed E-state index contributed by atoms with van der Waals surface area (Å²) in [4.78, 5) is 40.3. The quantitative estimate of drug-likeness (QED) is 0.239. The maximum atomic E-state index is 12.7. The lowest BCUT2D eigenvalue weighted by molar-refractivity contribution is -0.204. The Bertz CT molecular complexity index is 1990. The van der Waals surface area contributed by atoms with E-state index < -0.39 is 86.3 Å². The molecule has 9 atom stereocenters. The lowest BCUT2D eigenvalue weighted by Crippen LogP contribution is -2.50. The summed E-state index contributed by atoms with van der Waals surface area (Å²) >= 11 is 0. The molecule has 54 heavy (non-hydrogen) atoms. The smallest absolute Gasteiger partial charge is 0.330 e. The molecule has 4 aliphatic heterocycles. The van der Waals surface area contributed by atoms with Gasteiger partial charge in [-0.05, 0) is 56.5 Å². The third kappa shape index (κ3) is 6.68. The molecule has 0 bridgehead atoms. The summed E-state index contributed by atoms with van der Waals surface area (Å²) in [5, 5.41) is 11.7. The zero-order valence-electron chi connectivity index (χ0n) is 32.5. The number of nitrogens with one attached hydrogen (secondary N) is 1. The van der Waals surface area contributed by atoms with Gasteiger partial charge in [-0.15, -0.1) is 0 Å². The van der Waals surface area contributed by atoms with Gasteiger partial charge in [-0.3, -0.25) is 18.9 Å². The van der Waals surface area contributed by atoms with Crippen LogP contribution in [-0.4, -0.2) is 103 Å². The number of hydrogen-bond donors (Lipinski definition) is 3. The standard InChI is InChI=1S/C36H53N7O10Si/c1-17(2)54(18(3)4,19(5)6)47-15-21-26-28(52-35(7,8)50-26)33(48-21)43-22(40-24-30(37)38-16-39-31(24)43)12-11-20(44)25-27-29(53-36(9,10)51-27)32(49-25)42-14-13-23(45)41-34(42)46/h11-14,16-21,25-29,32-33,44H,15H2,1-10H3,(H2,37,38,39)(H,41,45,46)/b12-11-/t20-,21-,25-,26-,27-,28-,29-,32-,33-/m1/s1. The van der Waals surface area contributed by atoms with Crippen LogP contribution in [0.3, 0.4) is 0 Å². The second-order valence-electron chi connectivity index (χ2n) is 16.5. The summed E-state index contributed by atoms with van der Waals surface area (Å²) < 4.78 is 48.3. The van der Waals surface area contributed by atoms with E-state index in [0.717, 1.165) is 0 Å². The fourth-order valence-electron chi connectivity index (χ4n) is 9.07. The highest BCUT2D eigenvalue weighted by atomic mass is 28.4. The van der Waals surface area contributed by atoms with Crippen LogP contribution in [0.25, 0.3) is 17.2 Å². The molecule has 7 rings (SSSR count). The molecule has 0 saturated carbocycles. The van der Waals surface area contributed by atoms with Crippen LogP contribution >= 0.6 is 0 Å². The van der Waals surface area contributed by atoms with Crippen LogP contribution in [0.1, 0.15) is 87.5 Å². The van der Waals surface area contributed by atoms with E-state index in [0.29, 0.717) is 40.2 Å². The van der Waals surface area contributed by atoms with E-state index in [1.165, 1.54) is 29.2 Å². The van der Waals surface area contributed by atoms with Gasteiger partial charge >= 0.3 is 5.69 Å². The molecule has 4 aliphatic rings. The van der Waals surface area contributed by atoms with Crippen molar-refractivity contribution < 1.29 is 38.0 Å². The van der Waals surface area contributed by atoms with Crippen molar-refractivity contribution in [3.05, 3.63) is 51.3 Å². The molecule has 296 valence electrons. The Morgan fingerprint density at radius 3 is 2.17 bits per heavy atom. The van der Waals surface area contributed by atoms with Crippen LogP contribution in [0, 0.1) is 0 Å². The molecule has 4 saturated heterocycles. The minimum absolute atomic E-state index is 0.170. The molecule has 17 nitrogen and oxygen atoms in total. The zero-order valence-corrected chi connectivity index (χ0v) is 33.5. The van der Waals surface area contributed by atoms with Crippen LogP contribution in [0.5, 0.6) is 0 Å². The zero-order chi connectivity index (χ0) is 39.1. The van der Waals surface area contributed by atoms with Crippen LogP contribution in [0.4, 0.5) is 5.82 Å². The number of hydrogen-bond acceptors (Lipinski definition) is 14. The SMILES string of the molecule is CC(C)[Si](OC[C@H]1O[C@@H](n2c(/C=C\[C@@H](O)[C@H]3O[C@@H](n4ccc(=O)[nH]c4=O)[C@@H]4OC(C)(C)O[C@@H]43)nc3c(N)ncnc32)[C@@H]2OC(C)(C)O[C@@H]21)(C(C)C)C(C)C. The van der Waals surface area contributed by atoms with Gasteiger partial charge in [0.25, 0.3) is 5.56 Å². The Balaban J connectivity index is 1.22. The molecular formula is C36H53N7O10Si. The van der Waals surface area contributed by atoms with Gasteiger partial charge in [0.1, 0.15) is 54.9 Å². The summed E-state index contributed by atoms with van der Waals surface area (Å²) in [7, 11) is -2.25. The third-order valence-corrected chi connectivity index (χ3v) is 17.2. The Morgan fingerprint density at radius 2 is 1.54 bits per heavy atom. The maximum absolute atomic E-state index is 12.7. The first kappa shape index (κ1) is 38.9.